The number of hydrogen-bond donors (Lipinski definition) is 0. The second-order valence-electron chi connectivity index (χ2n) is 3.04. The molecule has 0 amide bonds. The summed E-state index contributed by atoms with van der Waals surface area (Å²) in [6.07, 6.45) is 0. The first kappa shape index (κ1) is 12.8. The molecule has 0 saturated heterocycles. The molecule has 0 fully saturated rings. The molecule has 0 heterocycles. The first-order chi connectivity index (χ1) is 6.04. The Hall–Kier alpha value is -0.250. The van der Waals surface area contributed by atoms with Crippen LogP contribution >= 0.6 is 15.7 Å². The number of hydrogen-bond acceptors (Lipinski definition) is 1. The summed E-state index contributed by atoms with van der Waals surface area (Å²) in [6.45, 7) is 7.89. The Morgan fingerprint density at radius 1 is 1.08 bits per heavy atom. The molecule has 72 valence electrons. The third-order valence-electron chi connectivity index (χ3n) is 1.27. The molecule has 1 aromatic carbocycles. The largest absolute Gasteiger partial charge is 0.332 e. The summed E-state index contributed by atoms with van der Waals surface area (Å²) in [5.74, 6) is 0. The van der Waals surface area contributed by atoms with Crippen molar-refractivity contribution in [1.82, 2.24) is 0 Å². The van der Waals surface area contributed by atoms with Gasteiger partial charge in [-0.3, -0.25) is 0 Å². The minimum atomic E-state index is -0.870. The minimum Gasteiger partial charge on any atom is -0.0817 e. The van der Waals surface area contributed by atoms with Gasteiger partial charge in [0.2, 0.25) is 0 Å². The van der Waals surface area contributed by atoms with E-state index in [-0.39, 0.29) is 7.92 Å². The molecule has 0 aliphatic carbocycles. The molecule has 0 radical (unpaired) electrons. The fraction of sp³-hybridized carbons (Fsp3) is 0.400. The Morgan fingerprint density at radius 2 is 1.46 bits per heavy atom. The van der Waals surface area contributed by atoms with Gasteiger partial charge in [-0.15, -0.1) is 0 Å². The van der Waals surface area contributed by atoms with Crippen LogP contribution in [0.15, 0.2) is 30.3 Å². The standard InChI is InChI=1S/C8H11P.C2H6OP/c1-9(2)8-6-4-3-5-7-8;1-4(2)3/h3-7H,1-2H3;1-2H3/q;+1. The van der Waals surface area contributed by atoms with Crippen molar-refractivity contribution in [2.75, 3.05) is 26.7 Å². The molecule has 0 atom stereocenters. The lowest BCUT2D eigenvalue weighted by atomic mass is 10.4. The Labute approximate surface area is 83.1 Å². The maximum atomic E-state index is 9.59. The van der Waals surface area contributed by atoms with Crippen LogP contribution in [0.5, 0.6) is 0 Å². The Morgan fingerprint density at radius 3 is 1.69 bits per heavy atom. The van der Waals surface area contributed by atoms with Crippen LogP contribution in [0.1, 0.15) is 0 Å². The summed E-state index contributed by atoms with van der Waals surface area (Å²) in [7, 11) is -0.766. The summed E-state index contributed by atoms with van der Waals surface area (Å²) >= 11 is 0. The molecule has 1 aromatic rings. The quantitative estimate of drug-likeness (QED) is 0.658. The molecular weight excluding hydrogens is 198 g/mol. The smallest absolute Gasteiger partial charge is 0.0817 e. The van der Waals surface area contributed by atoms with E-state index in [9.17, 15) is 4.57 Å². The fourth-order valence-corrected chi connectivity index (χ4v) is 1.49. The average molecular weight is 215 g/mol. The van der Waals surface area contributed by atoms with E-state index in [0.29, 0.717) is 0 Å². The number of rotatable bonds is 1. The van der Waals surface area contributed by atoms with Crippen LogP contribution in [-0.2, 0) is 4.57 Å². The van der Waals surface area contributed by atoms with E-state index in [0.717, 1.165) is 0 Å². The van der Waals surface area contributed by atoms with Crippen LogP contribution in [-0.4, -0.2) is 26.7 Å². The van der Waals surface area contributed by atoms with Gasteiger partial charge in [0.1, 0.15) is 13.3 Å². The van der Waals surface area contributed by atoms with Crippen LogP contribution in [0.3, 0.4) is 0 Å². The molecule has 0 N–H and O–H groups in total. The first-order valence-electron chi connectivity index (χ1n) is 4.11. The third kappa shape index (κ3) is 8.09. The zero-order chi connectivity index (χ0) is 10.3. The van der Waals surface area contributed by atoms with Gasteiger partial charge in [0.25, 0.3) is 0 Å². The summed E-state index contributed by atoms with van der Waals surface area (Å²) in [5.41, 5.74) is 0. The maximum absolute atomic E-state index is 9.59. The van der Waals surface area contributed by atoms with E-state index >= 15 is 0 Å². The lowest BCUT2D eigenvalue weighted by Gasteiger charge is -2.02. The summed E-state index contributed by atoms with van der Waals surface area (Å²) in [5, 5.41) is 1.48. The van der Waals surface area contributed by atoms with Gasteiger partial charge < -0.3 is 0 Å². The summed E-state index contributed by atoms with van der Waals surface area (Å²) in [6, 6.07) is 10.6. The van der Waals surface area contributed by atoms with Crippen molar-refractivity contribution < 1.29 is 4.57 Å². The highest BCUT2D eigenvalue weighted by molar-refractivity contribution is 7.64. The predicted molar refractivity (Wildman–Crippen MR) is 64.3 cm³/mol. The average Bonchev–Trinajstić information content (AvgIpc) is 2.05. The highest BCUT2D eigenvalue weighted by Gasteiger charge is 1.92. The van der Waals surface area contributed by atoms with E-state index in [2.05, 4.69) is 43.7 Å². The Balaban J connectivity index is 0.000000310. The molecular formula is C10H17OP2+. The predicted octanol–water partition coefficient (Wildman–Crippen LogP) is 3.13. The first-order valence-corrected chi connectivity index (χ1v) is 8.50. The van der Waals surface area contributed by atoms with Crippen molar-refractivity contribution in [2.24, 2.45) is 0 Å². The lowest BCUT2D eigenvalue weighted by molar-refractivity contribution is 0.594. The fourth-order valence-electron chi connectivity index (χ4n) is 0.726. The molecule has 1 rings (SSSR count). The number of benzene rings is 1. The van der Waals surface area contributed by atoms with Crippen molar-refractivity contribution in [3.63, 3.8) is 0 Å². The van der Waals surface area contributed by atoms with Crippen molar-refractivity contribution >= 4 is 21.0 Å². The monoisotopic (exact) mass is 215 g/mol. The van der Waals surface area contributed by atoms with Crippen LogP contribution in [0.4, 0.5) is 0 Å². The van der Waals surface area contributed by atoms with Crippen LogP contribution < -0.4 is 5.30 Å². The zero-order valence-corrected chi connectivity index (χ0v) is 10.5. The van der Waals surface area contributed by atoms with E-state index in [1.54, 1.807) is 13.3 Å². The minimum absolute atomic E-state index is 0.104. The highest BCUT2D eigenvalue weighted by Crippen LogP contribution is 2.22. The van der Waals surface area contributed by atoms with Crippen molar-refractivity contribution in [2.45, 2.75) is 0 Å². The maximum Gasteiger partial charge on any atom is 0.332 e. The van der Waals surface area contributed by atoms with Gasteiger partial charge in [0.15, 0.2) is 0 Å². The van der Waals surface area contributed by atoms with E-state index < -0.39 is 7.80 Å². The topological polar surface area (TPSA) is 17.1 Å². The normalized spacial score (nSPS) is 9.00. The van der Waals surface area contributed by atoms with Crippen molar-refractivity contribution in [3.8, 4) is 0 Å². The lowest BCUT2D eigenvalue weighted by Crippen LogP contribution is -1.95. The van der Waals surface area contributed by atoms with E-state index in [1.165, 1.54) is 5.30 Å². The van der Waals surface area contributed by atoms with Gasteiger partial charge in [-0.2, -0.15) is 0 Å². The molecule has 0 aliphatic heterocycles. The van der Waals surface area contributed by atoms with Crippen LogP contribution in [0, 0.1) is 0 Å². The van der Waals surface area contributed by atoms with Gasteiger partial charge in [-0.1, -0.05) is 42.8 Å². The van der Waals surface area contributed by atoms with Gasteiger partial charge >= 0.3 is 7.80 Å². The second kappa shape index (κ2) is 7.18. The van der Waals surface area contributed by atoms with Gasteiger partial charge in [0, 0.05) is 0 Å². The molecule has 0 bridgehead atoms. The van der Waals surface area contributed by atoms with E-state index in [1.807, 2.05) is 0 Å². The molecule has 0 aromatic heterocycles. The molecule has 0 saturated carbocycles. The molecule has 0 unspecified atom stereocenters. The second-order valence-corrected chi connectivity index (χ2v) is 6.97. The van der Waals surface area contributed by atoms with E-state index in [4.69, 9.17) is 0 Å². The molecule has 3 heteroatoms. The van der Waals surface area contributed by atoms with Crippen molar-refractivity contribution in [3.05, 3.63) is 30.3 Å². The van der Waals surface area contributed by atoms with Crippen LogP contribution in [0.25, 0.3) is 0 Å². The third-order valence-corrected chi connectivity index (χ3v) is 2.60. The highest BCUT2D eigenvalue weighted by atomic mass is 31.1. The van der Waals surface area contributed by atoms with Gasteiger partial charge in [-0.05, 0) is 18.6 Å². The summed E-state index contributed by atoms with van der Waals surface area (Å²) < 4.78 is 9.59. The molecule has 0 aliphatic rings. The molecule has 13 heavy (non-hydrogen) atoms. The Bertz CT molecular complexity index is 240. The SMILES string of the molecule is CP(C)c1ccccc1.C[P+](C)=O. The summed E-state index contributed by atoms with van der Waals surface area (Å²) in [4.78, 5) is 0. The Kier molecular flexibility index (Phi) is 7.04. The van der Waals surface area contributed by atoms with Crippen LogP contribution in [0.2, 0.25) is 0 Å². The van der Waals surface area contributed by atoms with Gasteiger partial charge in [0.05, 0.1) is 0 Å². The molecule has 0 spiro atoms. The zero-order valence-electron chi connectivity index (χ0n) is 8.69. The van der Waals surface area contributed by atoms with Gasteiger partial charge in [-0.25, -0.2) is 0 Å². The van der Waals surface area contributed by atoms with Crippen molar-refractivity contribution in [1.29, 1.82) is 0 Å². The molecule has 1 nitrogen and oxygen atoms in total.